The third kappa shape index (κ3) is 3.05. The lowest BCUT2D eigenvalue weighted by molar-refractivity contribution is 0.457. The van der Waals surface area contributed by atoms with E-state index in [0.717, 1.165) is 23.4 Å². The van der Waals surface area contributed by atoms with Gasteiger partial charge in [0, 0.05) is 10.5 Å². The number of benzene rings is 1. The first-order valence-corrected chi connectivity index (χ1v) is 8.02. The minimum Gasteiger partial charge on any atom is -0.314 e. The molecule has 1 aliphatic carbocycles. The van der Waals surface area contributed by atoms with E-state index in [4.69, 9.17) is 0 Å². The van der Waals surface area contributed by atoms with Gasteiger partial charge in [-0.05, 0) is 54.3 Å². The molecule has 0 saturated heterocycles. The van der Waals surface area contributed by atoms with Crippen LogP contribution in [0, 0.1) is 16.7 Å². The van der Waals surface area contributed by atoms with E-state index in [2.05, 4.69) is 80.1 Å². The van der Waals surface area contributed by atoms with Crippen molar-refractivity contribution < 1.29 is 0 Å². The zero-order valence-electron chi connectivity index (χ0n) is 12.8. The van der Waals surface area contributed by atoms with E-state index in [1.54, 1.807) is 0 Å². The Kier molecular flexibility index (Phi) is 4.13. The van der Waals surface area contributed by atoms with Gasteiger partial charge in [0.1, 0.15) is 0 Å². The summed E-state index contributed by atoms with van der Waals surface area (Å²) in [5, 5.41) is 3.71. The van der Waals surface area contributed by atoms with Gasteiger partial charge in [-0.15, -0.1) is 0 Å². The summed E-state index contributed by atoms with van der Waals surface area (Å²) < 4.78 is 1.15. The van der Waals surface area contributed by atoms with Crippen molar-refractivity contribution in [1.29, 1.82) is 0 Å². The van der Waals surface area contributed by atoms with Crippen LogP contribution in [0.1, 0.15) is 40.2 Å². The van der Waals surface area contributed by atoms with Crippen LogP contribution in [-0.4, -0.2) is 12.6 Å². The van der Waals surface area contributed by atoms with Gasteiger partial charge < -0.3 is 5.32 Å². The van der Waals surface area contributed by atoms with Gasteiger partial charge in [-0.1, -0.05) is 55.8 Å². The monoisotopic (exact) mass is 323 g/mol. The summed E-state index contributed by atoms with van der Waals surface area (Å²) in [7, 11) is 0. The Hall–Kier alpha value is -0.340. The summed E-state index contributed by atoms with van der Waals surface area (Å²) in [6.45, 7) is 13.0. The molecule has 0 aromatic heterocycles. The molecule has 0 spiro atoms. The molecular formula is C17H26BrN. The SMILES string of the molecule is CC(Cc1ccc(Br)cc1)NCC1C(C)(C)C1(C)C. The highest BCUT2D eigenvalue weighted by atomic mass is 79.9. The zero-order valence-corrected chi connectivity index (χ0v) is 14.3. The second-order valence-corrected chi connectivity index (χ2v) is 8.05. The van der Waals surface area contributed by atoms with Crippen molar-refractivity contribution in [2.45, 2.75) is 47.1 Å². The molecule has 0 bridgehead atoms. The van der Waals surface area contributed by atoms with E-state index < -0.39 is 0 Å². The van der Waals surface area contributed by atoms with Crippen molar-refractivity contribution in [1.82, 2.24) is 5.32 Å². The van der Waals surface area contributed by atoms with Crippen molar-refractivity contribution in [2.24, 2.45) is 16.7 Å². The highest BCUT2D eigenvalue weighted by Crippen LogP contribution is 2.67. The summed E-state index contributed by atoms with van der Waals surface area (Å²) in [4.78, 5) is 0. The quantitative estimate of drug-likeness (QED) is 0.831. The fourth-order valence-corrected chi connectivity index (χ4v) is 3.47. The number of rotatable bonds is 5. The van der Waals surface area contributed by atoms with E-state index in [1.165, 1.54) is 5.56 Å². The fourth-order valence-electron chi connectivity index (χ4n) is 3.21. The van der Waals surface area contributed by atoms with E-state index >= 15 is 0 Å². The molecule has 0 aliphatic heterocycles. The van der Waals surface area contributed by atoms with Crippen molar-refractivity contribution in [3.05, 3.63) is 34.3 Å². The first kappa shape index (κ1) is 15.1. The summed E-state index contributed by atoms with van der Waals surface area (Å²) in [5.74, 6) is 0.798. The molecule has 1 saturated carbocycles. The van der Waals surface area contributed by atoms with Crippen LogP contribution in [0.3, 0.4) is 0 Å². The molecule has 1 N–H and O–H groups in total. The van der Waals surface area contributed by atoms with Gasteiger partial charge in [-0.3, -0.25) is 0 Å². The Morgan fingerprint density at radius 3 is 2.11 bits per heavy atom. The molecule has 0 amide bonds. The third-order valence-corrected chi connectivity index (χ3v) is 5.97. The molecule has 2 heteroatoms. The fraction of sp³-hybridized carbons (Fsp3) is 0.647. The van der Waals surface area contributed by atoms with Gasteiger partial charge in [0.05, 0.1) is 0 Å². The summed E-state index contributed by atoms with van der Waals surface area (Å²) in [6.07, 6.45) is 1.10. The Labute approximate surface area is 126 Å². The average molecular weight is 324 g/mol. The maximum absolute atomic E-state index is 3.71. The molecule has 1 aromatic rings. The van der Waals surface area contributed by atoms with Gasteiger partial charge in [-0.2, -0.15) is 0 Å². The second kappa shape index (κ2) is 5.21. The lowest BCUT2D eigenvalue weighted by atomic mass is 10.0. The average Bonchev–Trinajstić information content (AvgIpc) is 2.70. The van der Waals surface area contributed by atoms with Gasteiger partial charge in [0.2, 0.25) is 0 Å². The minimum atomic E-state index is 0.483. The number of halogens is 1. The molecule has 19 heavy (non-hydrogen) atoms. The van der Waals surface area contributed by atoms with Crippen LogP contribution in [0.5, 0.6) is 0 Å². The standard InChI is InChI=1S/C17H26BrN/c1-12(10-13-6-8-14(18)9-7-13)19-11-15-16(2,3)17(15,4)5/h6-9,12,15,19H,10-11H2,1-5H3. The normalized spacial score (nSPS) is 22.2. The van der Waals surface area contributed by atoms with Gasteiger partial charge in [0.15, 0.2) is 0 Å². The molecule has 1 atom stereocenters. The first-order valence-electron chi connectivity index (χ1n) is 7.23. The van der Waals surface area contributed by atoms with E-state index in [9.17, 15) is 0 Å². The summed E-state index contributed by atoms with van der Waals surface area (Å²) in [6, 6.07) is 9.18. The van der Waals surface area contributed by atoms with Crippen LogP contribution in [0.25, 0.3) is 0 Å². The van der Waals surface area contributed by atoms with Gasteiger partial charge in [-0.25, -0.2) is 0 Å². The Morgan fingerprint density at radius 2 is 1.63 bits per heavy atom. The Morgan fingerprint density at radius 1 is 1.11 bits per heavy atom. The minimum absolute atomic E-state index is 0.483. The molecule has 0 heterocycles. The molecule has 1 nitrogen and oxygen atoms in total. The summed E-state index contributed by atoms with van der Waals surface area (Å²) >= 11 is 3.48. The van der Waals surface area contributed by atoms with E-state index in [0.29, 0.717) is 16.9 Å². The van der Waals surface area contributed by atoms with Crippen LogP contribution < -0.4 is 5.32 Å². The van der Waals surface area contributed by atoms with Crippen LogP contribution in [0.4, 0.5) is 0 Å². The number of hydrogen-bond acceptors (Lipinski definition) is 1. The van der Waals surface area contributed by atoms with Crippen LogP contribution in [0.2, 0.25) is 0 Å². The van der Waals surface area contributed by atoms with Crippen molar-refractivity contribution in [3.8, 4) is 0 Å². The second-order valence-electron chi connectivity index (χ2n) is 7.14. The molecule has 1 aliphatic rings. The zero-order chi connectivity index (χ0) is 14.3. The smallest absolute Gasteiger partial charge is 0.0175 e. The molecule has 2 rings (SSSR count). The number of nitrogens with one attached hydrogen (secondary N) is 1. The van der Waals surface area contributed by atoms with Gasteiger partial charge in [0.25, 0.3) is 0 Å². The van der Waals surface area contributed by atoms with Crippen molar-refractivity contribution >= 4 is 15.9 Å². The van der Waals surface area contributed by atoms with E-state index in [-0.39, 0.29) is 0 Å². The highest BCUT2D eigenvalue weighted by molar-refractivity contribution is 9.10. The topological polar surface area (TPSA) is 12.0 Å². The van der Waals surface area contributed by atoms with Gasteiger partial charge >= 0.3 is 0 Å². The molecular weight excluding hydrogens is 298 g/mol. The first-order chi connectivity index (χ1) is 8.75. The molecule has 1 unspecified atom stereocenters. The maximum Gasteiger partial charge on any atom is 0.0175 e. The predicted octanol–water partition coefficient (Wildman–Crippen LogP) is 4.65. The lowest BCUT2D eigenvalue weighted by Crippen LogP contribution is -2.31. The largest absolute Gasteiger partial charge is 0.314 e. The van der Waals surface area contributed by atoms with Crippen LogP contribution in [0.15, 0.2) is 28.7 Å². The predicted molar refractivity (Wildman–Crippen MR) is 86.4 cm³/mol. The number of hydrogen-bond donors (Lipinski definition) is 1. The lowest BCUT2D eigenvalue weighted by Gasteiger charge is -2.15. The third-order valence-electron chi connectivity index (χ3n) is 5.45. The highest BCUT2D eigenvalue weighted by Gasteiger charge is 2.63. The summed E-state index contributed by atoms with van der Waals surface area (Å²) in [5.41, 5.74) is 2.37. The van der Waals surface area contributed by atoms with Crippen LogP contribution >= 0.6 is 15.9 Å². The molecule has 0 radical (unpaired) electrons. The molecule has 1 aromatic carbocycles. The molecule has 1 fully saturated rings. The maximum atomic E-state index is 3.71. The van der Waals surface area contributed by atoms with Crippen molar-refractivity contribution in [2.75, 3.05) is 6.54 Å². The van der Waals surface area contributed by atoms with E-state index in [1.807, 2.05) is 0 Å². The van der Waals surface area contributed by atoms with Crippen molar-refractivity contribution in [3.63, 3.8) is 0 Å². The Balaban J connectivity index is 1.80. The van der Waals surface area contributed by atoms with Crippen LogP contribution in [-0.2, 0) is 6.42 Å². The molecule has 106 valence electrons. The Bertz CT molecular complexity index is 419.